The number of aliphatic carboxylic acids is 1. The molecule has 0 fully saturated rings. The van der Waals surface area contributed by atoms with Gasteiger partial charge in [0.1, 0.15) is 11.6 Å². The molecule has 0 aliphatic carbocycles. The third-order valence-electron chi connectivity index (χ3n) is 1.72. The molecule has 0 bridgehead atoms. The zero-order valence-electron chi connectivity index (χ0n) is 7.67. The minimum atomic E-state index is -1.33. The van der Waals surface area contributed by atoms with E-state index in [0.717, 1.165) is 6.08 Å². The average Bonchev–Trinajstić information content (AvgIpc) is 2.25. The van der Waals surface area contributed by atoms with Gasteiger partial charge in [-0.05, 0) is 17.7 Å². The van der Waals surface area contributed by atoms with Gasteiger partial charge in [-0.2, -0.15) is 5.26 Å². The van der Waals surface area contributed by atoms with Gasteiger partial charge in [0.2, 0.25) is 0 Å². The van der Waals surface area contributed by atoms with Crippen LogP contribution in [-0.4, -0.2) is 11.1 Å². The second kappa shape index (κ2) is 5.22. The number of hydrogen-bond donors (Lipinski definition) is 1. The van der Waals surface area contributed by atoms with Gasteiger partial charge in [-0.25, -0.2) is 4.79 Å². The predicted molar refractivity (Wildman–Crippen MR) is 62.7 cm³/mol. The zero-order chi connectivity index (χ0) is 12.3. The van der Waals surface area contributed by atoms with Crippen molar-refractivity contribution in [2.45, 2.75) is 0 Å². The van der Waals surface area contributed by atoms with Crippen molar-refractivity contribution in [3.8, 4) is 6.07 Å². The first kappa shape index (κ1) is 12.9. The number of nitriles is 1. The highest BCUT2D eigenvalue weighted by Gasteiger charge is 2.11. The summed E-state index contributed by atoms with van der Waals surface area (Å²) in [7, 11) is 0. The summed E-state index contributed by atoms with van der Waals surface area (Å²) in [5.74, 6) is -1.33. The van der Waals surface area contributed by atoms with Gasteiger partial charge in [0.05, 0.1) is 15.1 Å². The van der Waals surface area contributed by atoms with Crippen molar-refractivity contribution < 1.29 is 9.90 Å². The molecule has 0 saturated carbocycles. The van der Waals surface area contributed by atoms with Crippen LogP contribution in [0, 0.1) is 11.3 Å². The first-order valence-corrected chi connectivity index (χ1v) is 5.09. The monoisotopic (exact) mass is 275 g/mol. The number of carboxylic acids is 1. The van der Waals surface area contributed by atoms with Gasteiger partial charge < -0.3 is 5.11 Å². The first-order valence-electron chi connectivity index (χ1n) is 3.96. The Morgan fingerprint density at radius 1 is 1.31 bits per heavy atom. The van der Waals surface area contributed by atoms with Crippen molar-refractivity contribution in [2.75, 3.05) is 0 Å². The number of nitrogens with zero attached hydrogens (tertiary/aromatic N) is 1. The van der Waals surface area contributed by atoms with E-state index in [2.05, 4.69) is 0 Å². The van der Waals surface area contributed by atoms with Crippen LogP contribution < -0.4 is 0 Å². The minimum Gasteiger partial charge on any atom is -0.477 e. The van der Waals surface area contributed by atoms with Crippen molar-refractivity contribution in [3.05, 3.63) is 38.3 Å². The third-order valence-corrected chi connectivity index (χ3v) is 3.02. The van der Waals surface area contributed by atoms with Gasteiger partial charge in [0.15, 0.2) is 0 Å². The molecule has 0 aliphatic heterocycles. The van der Waals surface area contributed by atoms with Crippen LogP contribution in [0.15, 0.2) is 17.7 Å². The molecule has 6 heteroatoms. The highest BCUT2D eigenvalue weighted by Crippen LogP contribution is 2.33. The Balaban J connectivity index is 3.32. The Bertz CT molecular complexity index is 518. The maximum atomic E-state index is 10.6. The van der Waals surface area contributed by atoms with Crippen molar-refractivity contribution in [2.24, 2.45) is 0 Å². The molecule has 0 aromatic heterocycles. The van der Waals surface area contributed by atoms with Gasteiger partial charge in [-0.3, -0.25) is 0 Å². The van der Waals surface area contributed by atoms with Gasteiger partial charge in [-0.1, -0.05) is 40.9 Å². The van der Waals surface area contributed by atoms with E-state index in [4.69, 9.17) is 45.2 Å². The van der Waals surface area contributed by atoms with Crippen LogP contribution in [0.3, 0.4) is 0 Å². The van der Waals surface area contributed by atoms with Crippen LogP contribution in [0.1, 0.15) is 5.56 Å². The quantitative estimate of drug-likeness (QED) is 0.509. The van der Waals surface area contributed by atoms with E-state index in [1.807, 2.05) is 0 Å². The van der Waals surface area contributed by atoms with Crippen molar-refractivity contribution in [3.63, 3.8) is 0 Å². The molecule has 0 radical (unpaired) electrons. The third kappa shape index (κ3) is 2.67. The fraction of sp³-hybridized carbons (Fsp3) is 0. The Hall–Kier alpha value is -1.21. The summed E-state index contributed by atoms with van der Waals surface area (Å²) in [5, 5.41) is 17.7. The molecular weight excluding hydrogens is 272 g/mol. The molecule has 0 unspecified atom stereocenters. The van der Waals surface area contributed by atoms with E-state index in [9.17, 15) is 4.79 Å². The van der Waals surface area contributed by atoms with Gasteiger partial charge in [-0.15, -0.1) is 0 Å². The minimum absolute atomic E-state index is 0.114. The number of rotatable bonds is 2. The fourth-order valence-electron chi connectivity index (χ4n) is 0.950. The second-order valence-electron chi connectivity index (χ2n) is 2.74. The molecule has 0 atom stereocenters. The van der Waals surface area contributed by atoms with Crippen LogP contribution in [0.2, 0.25) is 15.1 Å². The van der Waals surface area contributed by atoms with Crippen LogP contribution in [-0.2, 0) is 4.79 Å². The van der Waals surface area contributed by atoms with Crippen LogP contribution in [0.25, 0.3) is 6.08 Å². The lowest BCUT2D eigenvalue weighted by Crippen LogP contribution is -1.97. The number of benzene rings is 1. The highest BCUT2D eigenvalue weighted by molar-refractivity contribution is 6.48. The van der Waals surface area contributed by atoms with Gasteiger partial charge in [0.25, 0.3) is 0 Å². The predicted octanol–water partition coefficient (Wildman–Crippen LogP) is 3.64. The normalized spacial score (nSPS) is 11.0. The maximum Gasteiger partial charge on any atom is 0.346 e. The molecule has 1 aromatic carbocycles. The second-order valence-corrected chi connectivity index (χ2v) is 3.90. The molecule has 82 valence electrons. The van der Waals surface area contributed by atoms with Crippen LogP contribution in [0.5, 0.6) is 0 Å². The number of hydrogen-bond acceptors (Lipinski definition) is 2. The molecular formula is C10H4Cl3NO2. The first-order chi connectivity index (χ1) is 7.47. The van der Waals surface area contributed by atoms with E-state index >= 15 is 0 Å². The van der Waals surface area contributed by atoms with Crippen molar-refractivity contribution >= 4 is 46.8 Å². The van der Waals surface area contributed by atoms with Crippen molar-refractivity contribution in [1.82, 2.24) is 0 Å². The van der Waals surface area contributed by atoms with Gasteiger partial charge >= 0.3 is 5.97 Å². The Morgan fingerprint density at radius 2 is 1.94 bits per heavy atom. The summed E-state index contributed by atoms with van der Waals surface area (Å²) >= 11 is 17.3. The molecule has 0 saturated heterocycles. The molecule has 0 amide bonds. The molecule has 0 spiro atoms. The van der Waals surface area contributed by atoms with Crippen molar-refractivity contribution in [1.29, 1.82) is 5.26 Å². The summed E-state index contributed by atoms with van der Waals surface area (Å²) in [6.07, 6.45) is 1.13. The van der Waals surface area contributed by atoms with E-state index in [1.165, 1.54) is 18.2 Å². The zero-order valence-corrected chi connectivity index (χ0v) is 9.94. The summed E-state index contributed by atoms with van der Waals surface area (Å²) < 4.78 is 0. The SMILES string of the molecule is N#C/C(=C\c1ccc(Cl)c(Cl)c1Cl)C(=O)O. The molecule has 1 N–H and O–H groups in total. The highest BCUT2D eigenvalue weighted by atomic mass is 35.5. The fourth-order valence-corrected chi connectivity index (χ4v) is 1.55. The van der Waals surface area contributed by atoms with Crippen LogP contribution >= 0.6 is 34.8 Å². The number of carboxylic acid groups (broad SMARTS) is 1. The largest absolute Gasteiger partial charge is 0.477 e. The smallest absolute Gasteiger partial charge is 0.346 e. The van der Waals surface area contributed by atoms with E-state index in [1.54, 1.807) is 0 Å². The summed E-state index contributed by atoms with van der Waals surface area (Å²) in [4.78, 5) is 10.6. The number of carbonyl (C=O) groups is 1. The number of halogens is 3. The molecule has 3 nitrogen and oxygen atoms in total. The summed E-state index contributed by atoms with van der Waals surface area (Å²) in [6, 6.07) is 4.49. The lowest BCUT2D eigenvalue weighted by atomic mass is 10.1. The Morgan fingerprint density at radius 3 is 2.44 bits per heavy atom. The standard InChI is InChI=1S/C10H4Cl3NO2/c11-7-2-1-5(8(12)9(7)13)3-6(4-14)10(15)16/h1-3H,(H,15,16)/b6-3+. The topological polar surface area (TPSA) is 61.1 Å². The molecule has 1 aromatic rings. The summed E-state index contributed by atoms with van der Waals surface area (Å²) in [6.45, 7) is 0. The van der Waals surface area contributed by atoms with Crippen LogP contribution in [0.4, 0.5) is 0 Å². The molecule has 1 rings (SSSR count). The maximum absolute atomic E-state index is 10.6. The molecule has 0 aliphatic rings. The van der Waals surface area contributed by atoms with E-state index in [-0.39, 0.29) is 15.1 Å². The molecule has 16 heavy (non-hydrogen) atoms. The Labute approximate surface area is 106 Å². The average molecular weight is 277 g/mol. The molecule has 0 heterocycles. The lowest BCUT2D eigenvalue weighted by Gasteiger charge is -2.02. The van der Waals surface area contributed by atoms with Gasteiger partial charge in [0, 0.05) is 0 Å². The van der Waals surface area contributed by atoms with E-state index < -0.39 is 11.5 Å². The van der Waals surface area contributed by atoms with E-state index in [0.29, 0.717) is 5.56 Å². The summed E-state index contributed by atoms with van der Waals surface area (Å²) in [5.41, 5.74) is -0.102. The Kier molecular flexibility index (Phi) is 4.19. The lowest BCUT2D eigenvalue weighted by molar-refractivity contribution is -0.132.